The zero-order valence-electron chi connectivity index (χ0n) is 12.1. The Morgan fingerprint density at radius 1 is 1.27 bits per heavy atom. The maximum Gasteiger partial charge on any atom is 0.242 e. The minimum absolute atomic E-state index is 0.0119. The van der Waals surface area contributed by atoms with Crippen molar-refractivity contribution in [2.24, 2.45) is 11.7 Å². The lowest BCUT2D eigenvalue weighted by Gasteiger charge is -2.20. The standard InChI is InChI=1S/C13H19ClN2O4S2/c1-21(17,18)10-5-6-11(14)13(7-10)22(19,20)16-12-4-2-3-9(12)8-15/h5-7,9,12,16H,2-4,8,15H2,1H3/t9-,12-/m1/s1. The number of sulfone groups is 1. The van der Waals surface area contributed by atoms with Gasteiger partial charge >= 0.3 is 0 Å². The molecule has 0 spiro atoms. The molecule has 124 valence electrons. The van der Waals surface area contributed by atoms with Crippen molar-refractivity contribution in [3.05, 3.63) is 23.2 Å². The van der Waals surface area contributed by atoms with E-state index in [1.54, 1.807) is 0 Å². The SMILES string of the molecule is CS(=O)(=O)c1ccc(Cl)c(S(=O)(=O)N[C@@H]2CCC[C@@H]2CN)c1. The fraction of sp³-hybridized carbons (Fsp3) is 0.538. The molecule has 1 saturated carbocycles. The first-order valence-electron chi connectivity index (χ1n) is 6.87. The number of rotatable bonds is 5. The molecule has 1 aromatic rings. The van der Waals surface area contributed by atoms with E-state index in [4.69, 9.17) is 17.3 Å². The summed E-state index contributed by atoms with van der Waals surface area (Å²) in [7, 11) is -7.42. The van der Waals surface area contributed by atoms with Crippen molar-refractivity contribution in [3.63, 3.8) is 0 Å². The molecule has 1 aromatic carbocycles. The van der Waals surface area contributed by atoms with E-state index in [-0.39, 0.29) is 26.8 Å². The molecular weight excluding hydrogens is 348 g/mol. The maximum absolute atomic E-state index is 12.5. The van der Waals surface area contributed by atoms with Crippen LogP contribution in [0.15, 0.2) is 28.0 Å². The first-order chi connectivity index (χ1) is 10.1. The summed E-state index contributed by atoms with van der Waals surface area (Å²) in [6.45, 7) is 0.407. The molecule has 0 aliphatic heterocycles. The van der Waals surface area contributed by atoms with Crippen molar-refractivity contribution in [2.75, 3.05) is 12.8 Å². The van der Waals surface area contributed by atoms with Gasteiger partial charge in [-0.15, -0.1) is 0 Å². The van der Waals surface area contributed by atoms with Crippen molar-refractivity contribution >= 4 is 31.5 Å². The van der Waals surface area contributed by atoms with Gasteiger partial charge in [-0.25, -0.2) is 21.6 Å². The Labute approximate surface area is 136 Å². The van der Waals surface area contributed by atoms with E-state index in [9.17, 15) is 16.8 Å². The zero-order valence-corrected chi connectivity index (χ0v) is 14.5. The Morgan fingerprint density at radius 3 is 2.55 bits per heavy atom. The average Bonchev–Trinajstić information content (AvgIpc) is 2.84. The van der Waals surface area contributed by atoms with Crippen molar-refractivity contribution in [1.82, 2.24) is 4.72 Å². The molecule has 0 unspecified atom stereocenters. The number of benzene rings is 1. The Balaban J connectivity index is 2.37. The lowest BCUT2D eigenvalue weighted by Crippen LogP contribution is -2.39. The summed E-state index contributed by atoms with van der Waals surface area (Å²) in [5.41, 5.74) is 5.65. The van der Waals surface area contributed by atoms with E-state index in [2.05, 4.69) is 4.72 Å². The number of nitrogens with two attached hydrogens (primary N) is 1. The second kappa shape index (κ2) is 6.45. The second-order valence-electron chi connectivity index (χ2n) is 5.52. The first kappa shape index (κ1) is 17.7. The van der Waals surface area contributed by atoms with Crippen molar-refractivity contribution in [3.8, 4) is 0 Å². The predicted molar refractivity (Wildman–Crippen MR) is 85.1 cm³/mol. The maximum atomic E-state index is 12.5. The van der Waals surface area contributed by atoms with Crippen LogP contribution in [-0.2, 0) is 19.9 Å². The fourth-order valence-corrected chi connectivity index (χ4v) is 5.24. The molecule has 1 aliphatic carbocycles. The van der Waals surface area contributed by atoms with Crippen LogP contribution in [0.1, 0.15) is 19.3 Å². The van der Waals surface area contributed by atoms with Crippen LogP contribution in [0.5, 0.6) is 0 Å². The van der Waals surface area contributed by atoms with Crippen LogP contribution in [0.2, 0.25) is 5.02 Å². The predicted octanol–water partition coefficient (Wildman–Crippen LogP) is 1.15. The summed E-state index contributed by atoms with van der Waals surface area (Å²) in [6.07, 6.45) is 3.51. The van der Waals surface area contributed by atoms with Gasteiger partial charge in [-0.1, -0.05) is 18.0 Å². The average molecular weight is 367 g/mol. The Kier molecular flexibility index (Phi) is 5.18. The van der Waals surface area contributed by atoms with E-state index in [0.717, 1.165) is 25.2 Å². The van der Waals surface area contributed by atoms with E-state index in [0.29, 0.717) is 13.0 Å². The number of halogens is 1. The fourth-order valence-electron chi connectivity index (χ4n) is 2.66. The topological polar surface area (TPSA) is 106 Å². The number of nitrogens with one attached hydrogen (secondary N) is 1. The van der Waals surface area contributed by atoms with E-state index < -0.39 is 19.9 Å². The van der Waals surface area contributed by atoms with Crippen LogP contribution in [0.3, 0.4) is 0 Å². The summed E-state index contributed by atoms with van der Waals surface area (Å²) < 4.78 is 50.8. The van der Waals surface area contributed by atoms with Crippen LogP contribution in [-0.4, -0.2) is 35.7 Å². The highest BCUT2D eigenvalue weighted by Crippen LogP contribution is 2.29. The van der Waals surface area contributed by atoms with Gasteiger partial charge in [0, 0.05) is 12.3 Å². The molecule has 0 saturated heterocycles. The first-order valence-corrected chi connectivity index (χ1v) is 10.6. The molecule has 9 heteroatoms. The molecule has 2 atom stereocenters. The Bertz CT molecular complexity index is 762. The van der Waals surface area contributed by atoms with Gasteiger partial charge in [0.15, 0.2) is 9.84 Å². The molecule has 2 rings (SSSR count). The molecule has 0 bridgehead atoms. The van der Waals surface area contributed by atoms with Gasteiger partial charge in [-0.3, -0.25) is 0 Å². The Hall–Kier alpha value is -0.670. The summed E-state index contributed by atoms with van der Waals surface area (Å²) in [5, 5.41) is -0.0119. The third-order valence-electron chi connectivity index (χ3n) is 3.89. The molecule has 0 radical (unpaired) electrons. The van der Waals surface area contributed by atoms with Gasteiger partial charge in [0.2, 0.25) is 10.0 Å². The monoisotopic (exact) mass is 366 g/mol. The molecule has 1 aliphatic rings. The third kappa shape index (κ3) is 3.80. The quantitative estimate of drug-likeness (QED) is 0.812. The molecule has 6 nitrogen and oxygen atoms in total. The lowest BCUT2D eigenvalue weighted by atomic mass is 10.1. The molecule has 1 fully saturated rings. The summed E-state index contributed by atoms with van der Waals surface area (Å²) in [5.74, 6) is 0.0895. The van der Waals surface area contributed by atoms with E-state index in [1.165, 1.54) is 12.1 Å². The highest BCUT2D eigenvalue weighted by Gasteiger charge is 2.31. The summed E-state index contributed by atoms with van der Waals surface area (Å²) in [6, 6.07) is 3.41. The van der Waals surface area contributed by atoms with Gasteiger partial charge in [0.25, 0.3) is 0 Å². The van der Waals surface area contributed by atoms with E-state index >= 15 is 0 Å². The molecule has 3 N–H and O–H groups in total. The number of sulfonamides is 1. The third-order valence-corrected chi connectivity index (χ3v) is 6.97. The highest BCUT2D eigenvalue weighted by molar-refractivity contribution is 7.91. The van der Waals surface area contributed by atoms with Crippen LogP contribution < -0.4 is 10.5 Å². The molecule has 0 heterocycles. The van der Waals surface area contributed by atoms with Crippen molar-refractivity contribution in [1.29, 1.82) is 0 Å². The lowest BCUT2D eigenvalue weighted by molar-refractivity contribution is 0.453. The van der Waals surface area contributed by atoms with Crippen molar-refractivity contribution in [2.45, 2.75) is 35.1 Å². The smallest absolute Gasteiger partial charge is 0.242 e. The van der Waals surface area contributed by atoms with Crippen LogP contribution in [0, 0.1) is 5.92 Å². The van der Waals surface area contributed by atoms with E-state index in [1.807, 2.05) is 0 Å². The normalized spacial score (nSPS) is 22.9. The van der Waals surface area contributed by atoms with Crippen molar-refractivity contribution < 1.29 is 16.8 Å². The van der Waals surface area contributed by atoms with Crippen LogP contribution in [0.25, 0.3) is 0 Å². The number of hydrogen-bond donors (Lipinski definition) is 2. The van der Waals surface area contributed by atoms with Crippen LogP contribution in [0.4, 0.5) is 0 Å². The number of hydrogen-bond acceptors (Lipinski definition) is 5. The zero-order chi connectivity index (χ0) is 16.5. The Morgan fingerprint density at radius 2 is 1.95 bits per heavy atom. The van der Waals surface area contributed by atoms with Crippen LogP contribution >= 0.6 is 11.6 Å². The highest BCUT2D eigenvalue weighted by atomic mass is 35.5. The van der Waals surface area contributed by atoms with Gasteiger partial charge in [-0.2, -0.15) is 0 Å². The van der Waals surface area contributed by atoms with Gasteiger partial charge in [0.1, 0.15) is 4.90 Å². The minimum atomic E-state index is -3.90. The molecule has 0 aromatic heterocycles. The minimum Gasteiger partial charge on any atom is -0.330 e. The second-order valence-corrected chi connectivity index (χ2v) is 9.62. The summed E-state index contributed by atoms with van der Waals surface area (Å²) >= 11 is 5.95. The largest absolute Gasteiger partial charge is 0.330 e. The summed E-state index contributed by atoms with van der Waals surface area (Å²) in [4.78, 5) is -0.307. The van der Waals surface area contributed by atoms with Gasteiger partial charge < -0.3 is 5.73 Å². The molecule has 22 heavy (non-hydrogen) atoms. The molecule has 0 amide bonds. The molecular formula is C13H19ClN2O4S2. The van der Waals surface area contributed by atoms with Gasteiger partial charge in [0.05, 0.1) is 9.92 Å². The van der Waals surface area contributed by atoms with Gasteiger partial charge in [-0.05, 0) is 43.5 Å².